The van der Waals surface area contributed by atoms with E-state index in [1.807, 2.05) is 0 Å². The Kier molecular flexibility index (Phi) is 2.77. The summed E-state index contributed by atoms with van der Waals surface area (Å²) < 4.78 is 0. The minimum absolute atomic E-state index is 0.0617. The lowest BCUT2D eigenvalue weighted by Gasteiger charge is -2.20. The molecule has 0 bridgehead atoms. The third kappa shape index (κ3) is 2.21. The van der Waals surface area contributed by atoms with Crippen molar-refractivity contribution >= 4 is 0 Å². The highest BCUT2D eigenvalue weighted by Crippen LogP contribution is 2.40. The highest BCUT2D eigenvalue weighted by atomic mass is 14.4. The topological polar surface area (TPSA) is 23.8 Å². The van der Waals surface area contributed by atoms with Crippen LogP contribution in [0, 0.1) is 23.7 Å². The Morgan fingerprint density at radius 3 is 2.67 bits per heavy atom. The maximum atomic E-state index is 9.30. The molecule has 0 N–H and O–H groups in total. The molecule has 0 amide bonds. The van der Waals surface area contributed by atoms with Crippen LogP contribution in [0.4, 0.5) is 0 Å². The van der Waals surface area contributed by atoms with Crippen molar-refractivity contribution in [3.05, 3.63) is 35.4 Å². The van der Waals surface area contributed by atoms with Gasteiger partial charge in [-0.2, -0.15) is 5.26 Å². The van der Waals surface area contributed by atoms with Gasteiger partial charge in [0.15, 0.2) is 0 Å². The van der Waals surface area contributed by atoms with E-state index in [1.54, 1.807) is 0 Å². The van der Waals surface area contributed by atoms with Crippen LogP contribution in [0.3, 0.4) is 0 Å². The van der Waals surface area contributed by atoms with Crippen LogP contribution in [0.25, 0.3) is 0 Å². The van der Waals surface area contributed by atoms with Crippen molar-refractivity contribution in [1.82, 2.24) is 0 Å². The maximum absolute atomic E-state index is 9.30. The van der Waals surface area contributed by atoms with Crippen LogP contribution in [0.2, 0.25) is 0 Å². The van der Waals surface area contributed by atoms with Gasteiger partial charge in [-0.15, -0.1) is 0 Å². The van der Waals surface area contributed by atoms with Crippen LogP contribution >= 0.6 is 0 Å². The molecule has 0 aliphatic heterocycles. The van der Waals surface area contributed by atoms with Crippen molar-refractivity contribution in [2.24, 2.45) is 5.41 Å². The molecule has 0 heterocycles. The minimum Gasteiger partial charge on any atom is -0.198 e. The second-order valence-electron chi connectivity index (χ2n) is 4.77. The van der Waals surface area contributed by atoms with Gasteiger partial charge in [0.1, 0.15) is 0 Å². The second-order valence-corrected chi connectivity index (χ2v) is 4.77. The lowest BCUT2D eigenvalue weighted by Crippen LogP contribution is -2.16. The Morgan fingerprint density at radius 2 is 2.07 bits per heavy atom. The van der Waals surface area contributed by atoms with E-state index in [0.717, 1.165) is 19.3 Å². The number of rotatable bonds is 2. The molecule has 0 atom stereocenters. The molecule has 78 valence electrons. The molecule has 1 aromatic carbocycles. The van der Waals surface area contributed by atoms with Crippen LogP contribution in [-0.4, -0.2) is 0 Å². The molecule has 1 fully saturated rings. The van der Waals surface area contributed by atoms with Gasteiger partial charge in [0.25, 0.3) is 0 Å². The summed E-state index contributed by atoms with van der Waals surface area (Å²) in [5.41, 5.74) is 2.55. The van der Waals surface area contributed by atoms with E-state index < -0.39 is 0 Å². The van der Waals surface area contributed by atoms with Crippen LogP contribution in [0.15, 0.2) is 24.3 Å². The minimum atomic E-state index is -0.0617. The molecule has 0 spiro atoms. The summed E-state index contributed by atoms with van der Waals surface area (Å²) in [6.07, 6.45) is 5.54. The fourth-order valence-electron chi connectivity index (χ4n) is 2.59. The predicted octanol–water partition coefficient (Wildman–Crippen LogP) is 3.62. The summed E-state index contributed by atoms with van der Waals surface area (Å²) in [6, 6.07) is 11.1. The molecule has 1 aromatic rings. The van der Waals surface area contributed by atoms with Crippen LogP contribution in [0.5, 0.6) is 0 Å². The van der Waals surface area contributed by atoms with E-state index in [4.69, 9.17) is 0 Å². The second kappa shape index (κ2) is 4.06. The molecule has 1 heteroatoms. The normalized spacial score (nSPS) is 18.7. The third-order valence-corrected chi connectivity index (χ3v) is 3.42. The fraction of sp³-hybridized carbons (Fsp3) is 0.500. The monoisotopic (exact) mass is 199 g/mol. The SMILES string of the molecule is Cc1cccc(CC2(C#N)CCCC2)c1. The van der Waals surface area contributed by atoms with Gasteiger partial charge in [0.2, 0.25) is 0 Å². The molecule has 0 radical (unpaired) electrons. The van der Waals surface area contributed by atoms with Crippen LogP contribution < -0.4 is 0 Å². The number of hydrogen-bond donors (Lipinski definition) is 0. The van der Waals surface area contributed by atoms with E-state index in [-0.39, 0.29) is 5.41 Å². The quantitative estimate of drug-likeness (QED) is 0.713. The van der Waals surface area contributed by atoms with Gasteiger partial charge in [0, 0.05) is 0 Å². The van der Waals surface area contributed by atoms with Crippen LogP contribution in [0.1, 0.15) is 36.8 Å². The summed E-state index contributed by atoms with van der Waals surface area (Å²) in [7, 11) is 0. The number of nitriles is 1. The number of benzene rings is 1. The maximum Gasteiger partial charge on any atom is 0.0693 e. The van der Waals surface area contributed by atoms with E-state index >= 15 is 0 Å². The summed E-state index contributed by atoms with van der Waals surface area (Å²) in [5, 5.41) is 9.30. The zero-order chi connectivity index (χ0) is 10.7. The molecule has 2 rings (SSSR count). The van der Waals surface area contributed by atoms with Gasteiger partial charge >= 0.3 is 0 Å². The Labute approximate surface area is 91.7 Å². The average molecular weight is 199 g/mol. The molecule has 0 saturated heterocycles. The molecule has 15 heavy (non-hydrogen) atoms. The highest BCUT2D eigenvalue weighted by molar-refractivity contribution is 5.25. The summed E-state index contributed by atoms with van der Waals surface area (Å²) in [4.78, 5) is 0. The molecule has 1 aliphatic rings. The molecule has 1 aliphatic carbocycles. The Bertz CT molecular complexity index is 381. The molecule has 1 nitrogen and oxygen atoms in total. The first-order valence-electron chi connectivity index (χ1n) is 5.71. The van der Waals surface area contributed by atoms with E-state index in [0.29, 0.717) is 0 Å². The lowest BCUT2D eigenvalue weighted by atomic mass is 9.81. The largest absolute Gasteiger partial charge is 0.198 e. The van der Waals surface area contributed by atoms with Crippen molar-refractivity contribution in [3.8, 4) is 6.07 Å². The van der Waals surface area contributed by atoms with Gasteiger partial charge < -0.3 is 0 Å². The van der Waals surface area contributed by atoms with Crippen molar-refractivity contribution in [2.45, 2.75) is 39.0 Å². The van der Waals surface area contributed by atoms with Gasteiger partial charge in [0.05, 0.1) is 11.5 Å². The van der Waals surface area contributed by atoms with Gasteiger partial charge in [-0.1, -0.05) is 42.7 Å². The Balaban J connectivity index is 2.17. The van der Waals surface area contributed by atoms with Gasteiger partial charge in [-0.3, -0.25) is 0 Å². The van der Waals surface area contributed by atoms with Crippen molar-refractivity contribution in [3.63, 3.8) is 0 Å². The van der Waals surface area contributed by atoms with E-state index in [2.05, 4.69) is 37.3 Å². The zero-order valence-electron chi connectivity index (χ0n) is 9.29. The summed E-state index contributed by atoms with van der Waals surface area (Å²) >= 11 is 0. The van der Waals surface area contributed by atoms with E-state index in [1.165, 1.54) is 24.0 Å². The first-order valence-corrected chi connectivity index (χ1v) is 5.71. The third-order valence-electron chi connectivity index (χ3n) is 3.42. The lowest BCUT2D eigenvalue weighted by molar-refractivity contribution is 0.408. The molecular formula is C14H17N. The number of nitrogens with zero attached hydrogens (tertiary/aromatic N) is 1. The van der Waals surface area contributed by atoms with E-state index in [9.17, 15) is 5.26 Å². The van der Waals surface area contributed by atoms with Crippen molar-refractivity contribution < 1.29 is 0 Å². The first kappa shape index (κ1) is 10.2. The predicted molar refractivity (Wildman–Crippen MR) is 61.4 cm³/mol. The van der Waals surface area contributed by atoms with Crippen molar-refractivity contribution in [1.29, 1.82) is 5.26 Å². The highest BCUT2D eigenvalue weighted by Gasteiger charge is 2.33. The standard InChI is InChI=1S/C14H17N/c1-12-5-4-6-13(9-12)10-14(11-15)7-2-3-8-14/h4-6,9H,2-3,7-8,10H2,1H3. The van der Waals surface area contributed by atoms with Crippen LogP contribution in [-0.2, 0) is 6.42 Å². The molecule has 0 aromatic heterocycles. The first-order chi connectivity index (χ1) is 7.24. The van der Waals surface area contributed by atoms with Gasteiger partial charge in [-0.25, -0.2) is 0 Å². The fourth-order valence-corrected chi connectivity index (χ4v) is 2.59. The molecule has 0 unspecified atom stereocenters. The smallest absolute Gasteiger partial charge is 0.0693 e. The zero-order valence-corrected chi connectivity index (χ0v) is 9.29. The molecule has 1 saturated carbocycles. The summed E-state index contributed by atoms with van der Waals surface area (Å²) in [6.45, 7) is 2.11. The molecular weight excluding hydrogens is 182 g/mol. The number of hydrogen-bond acceptors (Lipinski definition) is 1. The average Bonchev–Trinajstić information content (AvgIpc) is 2.67. The summed E-state index contributed by atoms with van der Waals surface area (Å²) in [5.74, 6) is 0. The van der Waals surface area contributed by atoms with Crippen molar-refractivity contribution in [2.75, 3.05) is 0 Å². The number of aryl methyl sites for hydroxylation is 1. The Hall–Kier alpha value is -1.29. The Morgan fingerprint density at radius 1 is 1.33 bits per heavy atom. The van der Waals surface area contributed by atoms with Gasteiger partial charge in [-0.05, 0) is 31.7 Å².